The van der Waals surface area contributed by atoms with Crippen LogP contribution in [0.15, 0.2) is 6.07 Å². The van der Waals surface area contributed by atoms with Crippen molar-refractivity contribution >= 4 is 5.69 Å². The summed E-state index contributed by atoms with van der Waals surface area (Å²) in [5.74, 6) is 0. The van der Waals surface area contributed by atoms with Gasteiger partial charge in [-0.15, -0.1) is 0 Å². The van der Waals surface area contributed by atoms with Crippen LogP contribution in [0.4, 0.5) is 5.69 Å². The maximum atomic E-state index is 9.25. The number of nitrogens with two attached hydrogens (primary N) is 1. The molecule has 0 saturated carbocycles. The highest BCUT2D eigenvalue weighted by atomic mass is 15.1. The maximum absolute atomic E-state index is 9.25. The Labute approximate surface area is 109 Å². The summed E-state index contributed by atoms with van der Waals surface area (Å²) in [7, 11) is 1.99. The van der Waals surface area contributed by atoms with Crippen LogP contribution in [0.1, 0.15) is 30.8 Å². The molecule has 1 heterocycles. The van der Waals surface area contributed by atoms with Gasteiger partial charge in [-0.05, 0) is 31.9 Å². The van der Waals surface area contributed by atoms with E-state index in [1.54, 1.807) is 0 Å². The predicted molar refractivity (Wildman–Crippen MR) is 74.5 cm³/mol. The van der Waals surface area contributed by atoms with Crippen LogP contribution in [0.3, 0.4) is 0 Å². The average molecular weight is 246 g/mol. The standard InChI is InChI=1S/C14H22N4/c1-10-6-13(12(7-15)11(2)17-10)18(5)9-14(3,4)8-16/h6H,8-9,16H2,1-5H3. The lowest BCUT2D eigenvalue weighted by molar-refractivity contribution is 0.385. The number of rotatable bonds is 4. The van der Waals surface area contributed by atoms with E-state index in [4.69, 9.17) is 5.73 Å². The van der Waals surface area contributed by atoms with Crippen molar-refractivity contribution in [3.8, 4) is 6.07 Å². The summed E-state index contributed by atoms with van der Waals surface area (Å²) in [6.07, 6.45) is 0. The van der Waals surface area contributed by atoms with Crippen molar-refractivity contribution in [3.05, 3.63) is 23.0 Å². The molecule has 0 saturated heterocycles. The first-order valence-corrected chi connectivity index (χ1v) is 6.10. The fourth-order valence-electron chi connectivity index (χ4n) is 2.04. The molecule has 0 atom stereocenters. The number of aromatic nitrogens is 1. The van der Waals surface area contributed by atoms with Crippen molar-refractivity contribution < 1.29 is 0 Å². The molecule has 2 N–H and O–H groups in total. The zero-order valence-electron chi connectivity index (χ0n) is 11.9. The van der Waals surface area contributed by atoms with Gasteiger partial charge in [0.05, 0.1) is 16.9 Å². The van der Waals surface area contributed by atoms with Crippen molar-refractivity contribution in [2.75, 3.05) is 25.0 Å². The third kappa shape index (κ3) is 3.21. The van der Waals surface area contributed by atoms with Gasteiger partial charge in [-0.3, -0.25) is 4.98 Å². The van der Waals surface area contributed by atoms with Gasteiger partial charge in [-0.25, -0.2) is 0 Å². The number of nitrogens with zero attached hydrogens (tertiary/aromatic N) is 3. The molecule has 0 aliphatic carbocycles. The number of pyridine rings is 1. The van der Waals surface area contributed by atoms with Crippen LogP contribution in [0, 0.1) is 30.6 Å². The SMILES string of the molecule is Cc1cc(N(C)CC(C)(C)CN)c(C#N)c(C)n1. The Morgan fingerprint density at radius 1 is 1.44 bits per heavy atom. The first-order chi connectivity index (χ1) is 8.30. The lowest BCUT2D eigenvalue weighted by Crippen LogP contribution is -2.37. The third-order valence-corrected chi connectivity index (χ3v) is 3.05. The van der Waals surface area contributed by atoms with Crippen molar-refractivity contribution in [3.63, 3.8) is 0 Å². The van der Waals surface area contributed by atoms with Crippen LogP contribution in [0.25, 0.3) is 0 Å². The molecule has 1 aromatic heterocycles. The molecule has 1 rings (SSSR count). The number of hydrogen-bond acceptors (Lipinski definition) is 4. The highest BCUT2D eigenvalue weighted by molar-refractivity contribution is 5.61. The Morgan fingerprint density at radius 2 is 2.06 bits per heavy atom. The Balaban J connectivity index is 3.13. The lowest BCUT2D eigenvalue weighted by Gasteiger charge is -2.31. The van der Waals surface area contributed by atoms with Gasteiger partial charge in [0.1, 0.15) is 6.07 Å². The first kappa shape index (κ1) is 14.5. The summed E-state index contributed by atoms with van der Waals surface area (Å²) >= 11 is 0. The second-order valence-corrected chi connectivity index (χ2v) is 5.58. The van der Waals surface area contributed by atoms with Crippen molar-refractivity contribution in [2.24, 2.45) is 11.1 Å². The molecule has 0 fully saturated rings. The summed E-state index contributed by atoms with van der Waals surface area (Å²) < 4.78 is 0. The Bertz CT molecular complexity index is 471. The normalized spacial score (nSPS) is 11.2. The van der Waals surface area contributed by atoms with Gasteiger partial charge in [0.2, 0.25) is 0 Å². The van der Waals surface area contributed by atoms with E-state index < -0.39 is 0 Å². The molecule has 4 heteroatoms. The third-order valence-electron chi connectivity index (χ3n) is 3.05. The Hall–Kier alpha value is -1.60. The van der Waals surface area contributed by atoms with Crippen LogP contribution in [-0.2, 0) is 0 Å². The monoisotopic (exact) mass is 246 g/mol. The van der Waals surface area contributed by atoms with E-state index in [1.807, 2.05) is 27.0 Å². The average Bonchev–Trinajstić information content (AvgIpc) is 2.27. The molecule has 0 aromatic carbocycles. The second-order valence-electron chi connectivity index (χ2n) is 5.58. The minimum absolute atomic E-state index is 0.0204. The summed E-state index contributed by atoms with van der Waals surface area (Å²) in [5.41, 5.74) is 9.07. The minimum atomic E-state index is 0.0204. The Kier molecular flexibility index (Phi) is 4.31. The van der Waals surface area contributed by atoms with Crippen molar-refractivity contribution in [2.45, 2.75) is 27.7 Å². The van der Waals surface area contributed by atoms with Gasteiger partial charge >= 0.3 is 0 Å². The second kappa shape index (κ2) is 5.36. The number of aryl methyl sites for hydroxylation is 2. The number of nitriles is 1. The first-order valence-electron chi connectivity index (χ1n) is 6.10. The van der Waals surface area contributed by atoms with E-state index in [1.165, 1.54) is 0 Å². The van der Waals surface area contributed by atoms with Crippen LogP contribution < -0.4 is 10.6 Å². The van der Waals surface area contributed by atoms with E-state index in [-0.39, 0.29) is 5.41 Å². The quantitative estimate of drug-likeness (QED) is 0.882. The maximum Gasteiger partial charge on any atom is 0.103 e. The summed E-state index contributed by atoms with van der Waals surface area (Å²) in [6.45, 7) is 9.48. The van der Waals surface area contributed by atoms with E-state index in [0.29, 0.717) is 12.1 Å². The number of hydrogen-bond donors (Lipinski definition) is 1. The van der Waals surface area contributed by atoms with Gasteiger partial charge in [-0.2, -0.15) is 5.26 Å². The van der Waals surface area contributed by atoms with E-state index >= 15 is 0 Å². The molecule has 0 spiro atoms. The van der Waals surface area contributed by atoms with Crippen LogP contribution in [0.2, 0.25) is 0 Å². The summed E-state index contributed by atoms with van der Waals surface area (Å²) in [4.78, 5) is 6.42. The smallest absolute Gasteiger partial charge is 0.103 e. The summed E-state index contributed by atoms with van der Waals surface area (Å²) in [5, 5.41) is 9.25. The van der Waals surface area contributed by atoms with E-state index in [9.17, 15) is 5.26 Å². The molecule has 1 aromatic rings. The van der Waals surface area contributed by atoms with Gasteiger partial charge < -0.3 is 10.6 Å². The van der Waals surface area contributed by atoms with E-state index in [0.717, 1.165) is 23.6 Å². The fourth-order valence-corrected chi connectivity index (χ4v) is 2.04. The Morgan fingerprint density at radius 3 is 2.56 bits per heavy atom. The van der Waals surface area contributed by atoms with Gasteiger partial charge in [0.25, 0.3) is 0 Å². The topological polar surface area (TPSA) is 65.9 Å². The minimum Gasteiger partial charge on any atom is -0.373 e. The van der Waals surface area contributed by atoms with Crippen LogP contribution >= 0.6 is 0 Å². The molecule has 18 heavy (non-hydrogen) atoms. The zero-order valence-corrected chi connectivity index (χ0v) is 11.9. The number of anilines is 1. The highest BCUT2D eigenvalue weighted by Crippen LogP contribution is 2.25. The molecular weight excluding hydrogens is 224 g/mol. The molecule has 0 amide bonds. The van der Waals surface area contributed by atoms with Crippen molar-refractivity contribution in [1.29, 1.82) is 5.26 Å². The predicted octanol–water partition coefficient (Wildman–Crippen LogP) is 1.99. The molecule has 98 valence electrons. The van der Waals surface area contributed by atoms with Gasteiger partial charge in [0.15, 0.2) is 0 Å². The molecular formula is C14H22N4. The fraction of sp³-hybridized carbons (Fsp3) is 0.571. The zero-order chi connectivity index (χ0) is 13.9. The van der Waals surface area contributed by atoms with Crippen molar-refractivity contribution in [1.82, 2.24) is 4.98 Å². The lowest BCUT2D eigenvalue weighted by atomic mass is 9.93. The van der Waals surface area contributed by atoms with Gasteiger partial charge in [0, 0.05) is 19.3 Å². The van der Waals surface area contributed by atoms with E-state index in [2.05, 4.69) is 29.8 Å². The largest absolute Gasteiger partial charge is 0.373 e. The molecule has 0 bridgehead atoms. The van der Waals surface area contributed by atoms with Crippen LogP contribution in [-0.4, -0.2) is 25.1 Å². The molecule has 0 aliphatic rings. The molecule has 0 radical (unpaired) electrons. The van der Waals surface area contributed by atoms with Gasteiger partial charge in [-0.1, -0.05) is 13.8 Å². The highest BCUT2D eigenvalue weighted by Gasteiger charge is 2.20. The summed E-state index contributed by atoms with van der Waals surface area (Å²) in [6, 6.07) is 4.20. The molecule has 4 nitrogen and oxygen atoms in total. The van der Waals surface area contributed by atoms with Crippen LogP contribution in [0.5, 0.6) is 0 Å². The molecule has 0 unspecified atom stereocenters. The molecule has 0 aliphatic heterocycles.